The topological polar surface area (TPSA) is 18.5 Å². The predicted molar refractivity (Wildman–Crippen MR) is 142 cm³/mol. The first-order valence-electron chi connectivity index (χ1n) is 13.2. The molecular formula is C31H39N3. The minimum Gasteiger partial charge on any atom is -0.316 e. The SMILES string of the molecule is c1ccc(C(c2ccccc2)N2CCN(CCCCc3ccc4c(c3)CCNCC4)CC2)cc1. The van der Waals surface area contributed by atoms with Gasteiger partial charge in [0.1, 0.15) is 0 Å². The van der Waals surface area contributed by atoms with Crippen molar-refractivity contribution in [3.63, 3.8) is 0 Å². The Morgan fingerprint density at radius 1 is 0.676 bits per heavy atom. The van der Waals surface area contributed by atoms with Crippen LogP contribution in [0.1, 0.15) is 46.7 Å². The maximum atomic E-state index is 3.52. The van der Waals surface area contributed by atoms with Crippen LogP contribution in [0.25, 0.3) is 0 Å². The van der Waals surface area contributed by atoms with Crippen molar-refractivity contribution in [2.24, 2.45) is 0 Å². The van der Waals surface area contributed by atoms with Crippen LogP contribution in [-0.4, -0.2) is 55.6 Å². The van der Waals surface area contributed by atoms with Crippen LogP contribution in [0.5, 0.6) is 0 Å². The Morgan fingerprint density at radius 2 is 1.32 bits per heavy atom. The van der Waals surface area contributed by atoms with Crippen LogP contribution < -0.4 is 5.32 Å². The highest BCUT2D eigenvalue weighted by molar-refractivity contribution is 5.34. The van der Waals surface area contributed by atoms with Gasteiger partial charge in [0.25, 0.3) is 0 Å². The average molecular weight is 454 g/mol. The van der Waals surface area contributed by atoms with Gasteiger partial charge in [-0.15, -0.1) is 0 Å². The third-order valence-corrected chi connectivity index (χ3v) is 7.61. The zero-order valence-corrected chi connectivity index (χ0v) is 20.5. The van der Waals surface area contributed by atoms with Gasteiger partial charge in [0.05, 0.1) is 6.04 Å². The van der Waals surface area contributed by atoms with E-state index in [2.05, 4.69) is 94.0 Å². The molecule has 1 fully saturated rings. The Bertz CT molecular complexity index is 970. The quantitative estimate of drug-likeness (QED) is 0.479. The fourth-order valence-corrected chi connectivity index (χ4v) is 5.68. The van der Waals surface area contributed by atoms with Gasteiger partial charge in [-0.05, 0) is 79.6 Å². The number of hydrogen-bond acceptors (Lipinski definition) is 3. The minimum atomic E-state index is 0.355. The van der Waals surface area contributed by atoms with Crippen LogP contribution in [0.4, 0.5) is 0 Å². The first kappa shape index (κ1) is 23.3. The van der Waals surface area contributed by atoms with Crippen LogP contribution in [0.2, 0.25) is 0 Å². The summed E-state index contributed by atoms with van der Waals surface area (Å²) in [6.07, 6.45) is 6.15. The van der Waals surface area contributed by atoms with Crippen molar-refractivity contribution in [1.29, 1.82) is 0 Å². The lowest BCUT2D eigenvalue weighted by molar-refractivity contribution is 0.108. The van der Waals surface area contributed by atoms with Crippen molar-refractivity contribution < 1.29 is 0 Å². The lowest BCUT2D eigenvalue weighted by Gasteiger charge is -2.40. The van der Waals surface area contributed by atoms with Crippen molar-refractivity contribution in [2.75, 3.05) is 45.8 Å². The Balaban J connectivity index is 1.10. The van der Waals surface area contributed by atoms with E-state index in [1.807, 2.05) is 0 Å². The molecule has 3 nitrogen and oxygen atoms in total. The maximum Gasteiger partial charge on any atom is 0.0602 e. The number of piperazine rings is 1. The van der Waals surface area contributed by atoms with E-state index in [4.69, 9.17) is 0 Å². The van der Waals surface area contributed by atoms with Crippen molar-refractivity contribution >= 4 is 0 Å². The Labute approximate surface area is 205 Å². The number of nitrogens with zero attached hydrogens (tertiary/aromatic N) is 2. The molecule has 5 rings (SSSR count). The molecular weight excluding hydrogens is 414 g/mol. The van der Waals surface area contributed by atoms with E-state index in [1.54, 1.807) is 11.1 Å². The third-order valence-electron chi connectivity index (χ3n) is 7.61. The molecule has 3 heteroatoms. The number of rotatable bonds is 8. The second kappa shape index (κ2) is 11.8. The monoisotopic (exact) mass is 453 g/mol. The maximum absolute atomic E-state index is 3.52. The molecule has 1 N–H and O–H groups in total. The minimum absolute atomic E-state index is 0.355. The van der Waals surface area contributed by atoms with Gasteiger partial charge >= 0.3 is 0 Å². The largest absolute Gasteiger partial charge is 0.316 e. The predicted octanol–water partition coefficient (Wildman–Crippen LogP) is 5.10. The molecule has 34 heavy (non-hydrogen) atoms. The van der Waals surface area contributed by atoms with Crippen LogP contribution in [-0.2, 0) is 19.3 Å². The number of fused-ring (bicyclic) bond motifs is 1. The summed E-state index contributed by atoms with van der Waals surface area (Å²) in [7, 11) is 0. The van der Waals surface area contributed by atoms with Gasteiger partial charge in [-0.1, -0.05) is 78.9 Å². The van der Waals surface area contributed by atoms with Gasteiger partial charge in [-0.3, -0.25) is 4.90 Å². The lowest BCUT2D eigenvalue weighted by atomic mass is 9.96. The zero-order chi connectivity index (χ0) is 23.0. The molecule has 3 aromatic rings. The molecule has 0 bridgehead atoms. The molecule has 0 aliphatic carbocycles. The van der Waals surface area contributed by atoms with E-state index in [-0.39, 0.29) is 0 Å². The van der Waals surface area contributed by atoms with Gasteiger partial charge in [0, 0.05) is 26.2 Å². The fourth-order valence-electron chi connectivity index (χ4n) is 5.68. The van der Waals surface area contributed by atoms with E-state index >= 15 is 0 Å². The summed E-state index contributed by atoms with van der Waals surface area (Å²) >= 11 is 0. The van der Waals surface area contributed by atoms with E-state index in [1.165, 1.54) is 68.4 Å². The first-order chi connectivity index (χ1) is 16.9. The van der Waals surface area contributed by atoms with E-state index < -0.39 is 0 Å². The van der Waals surface area contributed by atoms with Crippen molar-refractivity contribution in [3.8, 4) is 0 Å². The molecule has 2 heterocycles. The summed E-state index contributed by atoms with van der Waals surface area (Å²) in [6.45, 7) is 8.07. The van der Waals surface area contributed by atoms with Crippen LogP contribution >= 0.6 is 0 Å². The molecule has 0 saturated carbocycles. The van der Waals surface area contributed by atoms with E-state index in [0.717, 1.165) is 26.2 Å². The zero-order valence-electron chi connectivity index (χ0n) is 20.5. The number of hydrogen-bond donors (Lipinski definition) is 1. The molecule has 0 unspecified atom stereocenters. The fraction of sp³-hybridized carbons (Fsp3) is 0.419. The van der Waals surface area contributed by atoms with Crippen LogP contribution in [0.15, 0.2) is 78.9 Å². The Morgan fingerprint density at radius 3 is 2.00 bits per heavy atom. The average Bonchev–Trinajstić information content (AvgIpc) is 3.14. The van der Waals surface area contributed by atoms with Gasteiger partial charge in [0.15, 0.2) is 0 Å². The number of unbranched alkanes of at least 4 members (excludes halogenated alkanes) is 1. The number of nitrogens with one attached hydrogen (secondary N) is 1. The molecule has 3 aromatic carbocycles. The number of aryl methyl sites for hydroxylation is 1. The molecule has 0 aromatic heterocycles. The summed E-state index contributed by atoms with van der Waals surface area (Å²) in [6, 6.07) is 29.6. The summed E-state index contributed by atoms with van der Waals surface area (Å²) in [5.74, 6) is 0. The highest BCUT2D eigenvalue weighted by Gasteiger charge is 2.26. The van der Waals surface area contributed by atoms with Gasteiger partial charge < -0.3 is 10.2 Å². The summed E-state index contributed by atoms with van der Waals surface area (Å²) in [5, 5.41) is 3.52. The molecule has 0 spiro atoms. The molecule has 0 amide bonds. The molecule has 178 valence electrons. The smallest absolute Gasteiger partial charge is 0.0602 e. The van der Waals surface area contributed by atoms with E-state index in [9.17, 15) is 0 Å². The van der Waals surface area contributed by atoms with Gasteiger partial charge in [0.2, 0.25) is 0 Å². The van der Waals surface area contributed by atoms with Crippen LogP contribution in [0, 0.1) is 0 Å². The Kier molecular flexibility index (Phi) is 8.08. The third kappa shape index (κ3) is 5.96. The standard InChI is InChI=1S/C31H39N3/c1-3-10-28(11-4-1)31(29-12-5-2-6-13-29)34-23-21-33(22-24-34)20-8-7-9-26-14-15-27-16-18-32-19-17-30(27)25-26/h1-6,10-15,25,31-32H,7-9,16-24H2. The molecule has 0 radical (unpaired) electrons. The van der Waals surface area contributed by atoms with Crippen molar-refractivity contribution in [2.45, 2.75) is 38.1 Å². The highest BCUT2D eigenvalue weighted by atomic mass is 15.3. The van der Waals surface area contributed by atoms with Gasteiger partial charge in [-0.2, -0.15) is 0 Å². The molecule has 1 saturated heterocycles. The summed E-state index contributed by atoms with van der Waals surface area (Å²) in [5.41, 5.74) is 7.46. The van der Waals surface area contributed by atoms with E-state index in [0.29, 0.717) is 6.04 Å². The van der Waals surface area contributed by atoms with Crippen LogP contribution in [0.3, 0.4) is 0 Å². The number of benzene rings is 3. The molecule has 0 atom stereocenters. The Hall–Kier alpha value is -2.46. The highest BCUT2D eigenvalue weighted by Crippen LogP contribution is 2.29. The molecule has 2 aliphatic heterocycles. The first-order valence-corrected chi connectivity index (χ1v) is 13.2. The second-order valence-corrected chi connectivity index (χ2v) is 9.91. The second-order valence-electron chi connectivity index (χ2n) is 9.91. The molecule has 2 aliphatic rings. The van der Waals surface area contributed by atoms with Crippen molar-refractivity contribution in [1.82, 2.24) is 15.1 Å². The summed E-state index contributed by atoms with van der Waals surface area (Å²) < 4.78 is 0. The summed E-state index contributed by atoms with van der Waals surface area (Å²) in [4.78, 5) is 5.35. The van der Waals surface area contributed by atoms with Crippen molar-refractivity contribution in [3.05, 3.63) is 107 Å². The van der Waals surface area contributed by atoms with Gasteiger partial charge in [-0.25, -0.2) is 0 Å². The lowest BCUT2D eigenvalue weighted by Crippen LogP contribution is -2.48. The normalized spacial score (nSPS) is 17.4.